The third-order valence-corrected chi connectivity index (χ3v) is 2.96. The molecule has 0 saturated heterocycles. The van der Waals surface area contributed by atoms with Crippen molar-refractivity contribution in [2.24, 2.45) is 0 Å². The van der Waals surface area contributed by atoms with Gasteiger partial charge in [-0.1, -0.05) is 43.0 Å². The largest absolute Gasteiger partial charge is 0.289 e. The molecule has 0 heterocycles. The summed E-state index contributed by atoms with van der Waals surface area (Å²) in [7, 11) is 0. The Morgan fingerprint density at radius 2 is 1.57 bits per heavy atom. The van der Waals surface area contributed by atoms with Crippen molar-refractivity contribution in [3.8, 4) is 0 Å². The van der Waals surface area contributed by atoms with Crippen LogP contribution >= 0.6 is 0 Å². The first-order valence-corrected chi connectivity index (χ1v) is 6.29. The molecule has 0 N–H and O–H groups in total. The standard InChI is InChI=1S/C17H13NO3/c1-2-13-3-8-15(9-4-13)17(19)12-7-14-5-10-16(11-6-14)18(20)21/h2-12H,1H2. The van der Waals surface area contributed by atoms with Crippen molar-refractivity contribution in [1.29, 1.82) is 0 Å². The van der Waals surface area contributed by atoms with Crippen LogP contribution in [0.3, 0.4) is 0 Å². The van der Waals surface area contributed by atoms with Crippen molar-refractivity contribution >= 4 is 23.6 Å². The predicted octanol–water partition coefficient (Wildman–Crippen LogP) is 4.13. The zero-order valence-electron chi connectivity index (χ0n) is 11.2. The fourth-order valence-corrected chi connectivity index (χ4v) is 1.76. The first-order chi connectivity index (χ1) is 10.1. The van der Waals surface area contributed by atoms with Crippen LogP contribution < -0.4 is 0 Å². The maximum absolute atomic E-state index is 12.0. The highest BCUT2D eigenvalue weighted by molar-refractivity contribution is 6.06. The quantitative estimate of drug-likeness (QED) is 0.358. The van der Waals surface area contributed by atoms with E-state index in [1.807, 2.05) is 12.1 Å². The molecule has 0 aliphatic rings. The van der Waals surface area contributed by atoms with Crippen LogP contribution in [-0.2, 0) is 0 Å². The van der Waals surface area contributed by atoms with E-state index in [0.29, 0.717) is 5.56 Å². The molecule has 0 bridgehead atoms. The van der Waals surface area contributed by atoms with Crippen molar-refractivity contribution in [1.82, 2.24) is 0 Å². The van der Waals surface area contributed by atoms with E-state index in [1.165, 1.54) is 18.2 Å². The van der Waals surface area contributed by atoms with E-state index in [4.69, 9.17) is 0 Å². The number of hydrogen-bond acceptors (Lipinski definition) is 3. The maximum atomic E-state index is 12.0. The molecule has 0 amide bonds. The minimum atomic E-state index is -0.459. The lowest BCUT2D eigenvalue weighted by Gasteiger charge is -1.97. The summed E-state index contributed by atoms with van der Waals surface area (Å²) in [4.78, 5) is 22.1. The second-order valence-corrected chi connectivity index (χ2v) is 4.37. The number of nitro benzene ring substituents is 1. The Bertz CT molecular complexity index is 698. The van der Waals surface area contributed by atoms with Gasteiger partial charge in [0.25, 0.3) is 5.69 Å². The molecular weight excluding hydrogens is 266 g/mol. The third kappa shape index (κ3) is 3.73. The molecule has 2 aromatic carbocycles. The van der Waals surface area contributed by atoms with Gasteiger partial charge in [-0.15, -0.1) is 0 Å². The molecule has 0 saturated carbocycles. The zero-order valence-corrected chi connectivity index (χ0v) is 11.2. The number of nitrogens with zero attached hydrogens (tertiary/aromatic N) is 1. The maximum Gasteiger partial charge on any atom is 0.269 e. The van der Waals surface area contributed by atoms with Crippen LogP contribution in [0.4, 0.5) is 5.69 Å². The number of benzene rings is 2. The van der Waals surface area contributed by atoms with Gasteiger partial charge in [0.2, 0.25) is 0 Å². The third-order valence-electron chi connectivity index (χ3n) is 2.96. The van der Waals surface area contributed by atoms with Crippen LogP contribution in [-0.4, -0.2) is 10.7 Å². The first-order valence-electron chi connectivity index (χ1n) is 6.29. The molecule has 21 heavy (non-hydrogen) atoms. The number of carbonyl (C=O) groups excluding carboxylic acids is 1. The number of allylic oxidation sites excluding steroid dienone is 1. The van der Waals surface area contributed by atoms with Crippen LogP contribution in [0.5, 0.6) is 0 Å². The topological polar surface area (TPSA) is 60.2 Å². The van der Waals surface area contributed by atoms with Crippen molar-refractivity contribution < 1.29 is 9.72 Å². The Morgan fingerprint density at radius 3 is 2.10 bits per heavy atom. The molecule has 4 nitrogen and oxygen atoms in total. The molecule has 0 fully saturated rings. The second kappa shape index (κ2) is 6.43. The Kier molecular flexibility index (Phi) is 4.41. The van der Waals surface area contributed by atoms with Gasteiger partial charge in [0, 0.05) is 17.7 Å². The molecule has 4 heteroatoms. The van der Waals surface area contributed by atoms with Gasteiger partial charge in [-0.25, -0.2) is 0 Å². The molecule has 0 aliphatic carbocycles. The summed E-state index contributed by atoms with van der Waals surface area (Å²) >= 11 is 0. The lowest BCUT2D eigenvalue weighted by Crippen LogP contribution is -1.93. The number of hydrogen-bond donors (Lipinski definition) is 0. The van der Waals surface area contributed by atoms with Gasteiger partial charge in [-0.2, -0.15) is 0 Å². The van der Waals surface area contributed by atoms with Crippen molar-refractivity contribution in [3.05, 3.63) is 88.0 Å². The van der Waals surface area contributed by atoms with Crippen molar-refractivity contribution in [2.75, 3.05) is 0 Å². The summed E-state index contributed by atoms with van der Waals surface area (Å²) in [6.45, 7) is 3.65. The van der Waals surface area contributed by atoms with Gasteiger partial charge in [0.15, 0.2) is 5.78 Å². The summed E-state index contributed by atoms with van der Waals surface area (Å²) in [6.07, 6.45) is 4.79. The molecule has 0 atom stereocenters. The zero-order chi connectivity index (χ0) is 15.2. The van der Waals surface area contributed by atoms with Crippen LogP contribution in [0.25, 0.3) is 12.2 Å². The van der Waals surface area contributed by atoms with Gasteiger partial charge in [0.1, 0.15) is 0 Å². The molecule has 0 aromatic heterocycles. The average molecular weight is 279 g/mol. The predicted molar refractivity (Wildman–Crippen MR) is 83.0 cm³/mol. The molecule has 2 rings (SSSR count). The van der Waals surface area contributed by atoms with Gasteiger partial charge < -0.3 is 0 Å². The fourth-order valence-electron chi connectivity index (χ4n) is 1.76. The second-order valence-electron chi connectivity index (χ2n) is 4.37. The fraction of sp³-hybridized carbons (Fsp3) is 0. The van der Waals surface area contributed by atoms with E-state index in [9.17, 15) is 14.9 Å². The summed E-state index contributed by atoms with van der Waals surface area (Å²) in [5.41, 5.74) is 2.29. The van der Waals surface area contributed by atoms with Gasteiger partial charge in [0.05, 0.1) is 4.92 Å². The molecular formula is C17H13NO3. The summed E-state index contributed by atoms with van der Waals surface area (Å²) in [6, 6.07) is 13.1. The Labute approximate surface area is 122 Å². The number of ketones is 1. The van der Waals surface area contributed by atoms with Gasteiger partial charge >= 0.3 is 0 Å². The van der Waals surface area contributed by atoms with E-state index in [0.717, 1.165) is 11.1 Å². The van der Waals surface area contributed by atoms with E-state index in [2.05, 4.69) is 6.58 Å². The molecule has 0 aliphatic heterocycles. The normalized spacial score (nSPS) is 10.5. The Morgan fingerprint density at radius 1 is 1.00 bits per heavy atom. The average Bonchev–Trinajstić information content (AvgIpc) is 2.53. The smallest absolute Gasteiger partial charge is 0.269 e. The molecule has 0 radical (unpaired) electrons. The van der Waals surface area contributed by atoms with Crippen molar-refractivity contribution in [3.63, 3.8) is 0 Å². The number of carbonyl (C=O) groups is 1. The highest BCUT2D eigenvalue weighted by atomic mass is 16.6. The van der Waals surface area contributed by atoms with E-state index < -0.39 is 4.92 Å². The summed E-state index contributed by atoms with van der Waals surface area (Å²) < 4.78 is 0. The van der Waals surface area contributed by atoms with Crippen LogP contribution in [0.1, 0.15) is 21.5 Å². The monoisotopic (exact) mass is 279 g/mol. The van der Waals surface area contributed by atoms with E-state index in [1.54, 1.807) is 36.4 Å². The number of non-ortho nitro benzene ring substituents is 1. The number of rotatable bonds is 5. The van der Waals surface area contributed by atoms with Crippen LogP contribution in [0, 0.1) is 10.1 Å². The molecule has 0 spiro atoms. The van der Waals surface area contributed by atoms with Crippen LogP contribution in [0.15, 0.2) is 61.2 Å². The number of nitro groups is 1. The molecule has 104 valence electrons. The Balaban J connectivity index is 2.10. The minimum absolute atomic E-state index is 0.0264. The Hall–Kier alpha value is -3.01. The summed E-state index contributed by atoms with van der Waals surface area (Å²) in [5.74, 6) is -0.121. The van der Waals surface area contributed by atoms with Gasteiger partial charge in [-0.05, 0) is 29.3 Å². The highest BCUT2D eigenvalue weighted by Gasteiger charge is 2.03. The lowest BCUT2D eigenvalue weighted by atomic mass is 10.1. The van der Waals surface area contributed by atoms with Crippen molar-refractivity contribution in [2.45, 2.75) is 0 Å². The minimum Gasteiger partial charge on any atom is -0.289 e. The van der Waals surface area contributed by atoms with Crippen LogP contribution in [0.2, 0.25) is 0 Å². The van der Waals surface area contributed by atoms with E-state index >= 15 is 0 Å². The highest BCUT2D eigenvalue weighted by Crippen LogP contribution is 2.13. The molecule has 2 aromatic rings. The first kappa shape index (κ1) is 14.4. The lowest BCUT2D eigenvalue weighted by molar-refractivity contribution is -0.384. The SMILES string of the molecule is C=Cc1ccc(C(=O)C=Cc2ccc([N+](=O)[O-])cc2)cc1. The summed E-state index contributed by atoms with van der Waals surface area (Å²) in [5, 5.41) is 10.5. The van der Waals surface area contributed by atoms with E-state index in [-0.39, 0.29) is 11.5 Å². The molecule has 0 unspecified atom stereocenters. The van der Waals surface area contributed by atoms with Gasteiger partial charge in [-0.3, -0.25) is 14.9 Å².